The Balaban J connectivity index is 0.000000350. The molecule has 3 aliphatic heterocycles. The lowest BCUT2D eigenvalue weighted by molar-refractivity contribution is -0.134. The normalized spacial score (nSPS) is 19.1. The summed E-state index contributed by atoms with van der Waals surface area (Å²) in [6.45, 7) is 5.30. The van der Waals surface area contributed by atoms with Crippen LogP contribution < -0.4 is 5.32 Å². The van der Waals surface area contributed by atoms with Gasteiger partial charge in [-0.25, -0.2) is 9.59 Å². The van der Waals surface area contributed by atoms with E-state index in [9.17, 15) is 19.2 Å². The zero-order valence-corrected chi connectivity index (χ0v) is 18.8. The number of carboxylic acids is 2. The predicted molar refractivity (Wildman–Crippen MR) is 123 cm³/mol. The minimum Gasteiger partial charge on any atom is -0.478 e. The fourth-order valence-corrected chi connectivity index (χ4v) is 4.03. The van der Waals surface area contributed by atoms with E-state index < -0.39 is 11.9 Å². The maximum atomic E-state index is 13.0. The third-order valence-electron chi connectivity index (χ3n) is 5.60. The van der Waals surface area contributed by atoms with E-state index in [4.69, 9.17) is 14.6 Å². The molecule has 0 aliphatic carbocycles. The van der Waals surface area contributed by atoms with Gasteiger partial charge in [0.05, 0.1) is 5.69 Å². The fourth-order valence-electron chi connectivity index (χ4n) is 4.03. The number of nitrogens with one attached hydrogen (secondary N) is 1. The van der Waals surface area contributed by atoms with Crippen molar-refractivity contribution in [1.29, 1.82) is 0 Å². The fraction of sp³-hybridized carbons (Fsp3) is 0.333. The van der Waals surface area contributed by atoms with Gasteiger partial charge in [0.25, 0.3) is 5.91 Å². The van der Waals surface area contributed by atoms with Gasteiger partial charge >= 0.3 is 11.9 Å². The van der Waals surface area contributed by atoms with Crippen LogP contribution in [0.2, 0.25) is 0 Å². The summed E-state index contributed by atoms with van der Waals surface area (Å²) >= 11 is 0. The number of para-hydroxylation sites is 1. The average molecular weight is 469 g/mol. The number of carbonyl (C=O) groups is 4. The van der Waals surface area contributed by atoms with Crippen LogP contribution in [0.4, 0.5) is 5.69 Å². The molecule has 3 N–H and O–H groups in total. The third kappa shape index (κ3) is 6.55. The Morgan fingerprint density at radius 2 is 1.59 bits per heavy atom. The highest BCUT2D eigenvalue weighted by atomic mass is 16.4. The number of carboxylic acid groups (broad SMARTS) is 2. The number of furan rings is 1. The molecule has 0 radical (unpaired) electrons. The van der Waals surface area contributed by atoms with Crippen molar-refractivity contribution in [2.24, 2.45) is 0 Å². The highest BCUT2D eigenvalue weighted by Crippen LogP contribution is 2.31. The highest BCUT2D eigenvalue weighted by Gasteiger charge is 2.33. The number of fused-ring (bicyclic) bond motifs is 4. The van der Waals surface area contributed by atoms with Crippen molar-refractivity contribution in [3.63, 3.8) is 0 Å². The van der Waals surface area contributed by atoms with Crippen LogP contribution >= 0.6 is 0 Å². The summed E-state index contributed by atoms with van der Waals surface area (Å²) in [6.07, 6.45) is 3.18. The standard InChI is InChI=1S/C20H23N3O3.C4H4O4/c1-14(24)21-17-5-3-2-4-16(17)18-6-7-19(26-18)20(25)23-13-12-22-10-8-15(23)9-11-22;5-3(6)1-2-4(7)8/h2-7,15H,8-13H2,1H3,(H,21,24);1-2H,(H,5,6)(H,7,8)/b;2-1+. The minimum absolute atomic E-state index is 0.0398. The molecule has 0 saturated carbocycles. The molecule has 3 fully saturated rings. The Morgan fingerprint density at radius 1 is 0.941 bits per heavy atom. The number of nitrogens with zero attached hydrogens (tertiary/aromatic N) is 2. The van der Waals surface area contributed by atoms with E-state index in [0.717, 1.165) is 44.6 Å². The zero-order valence-electron chi connectivity index (χ0n) is 18.8. The first-order valence-electron chi connectivity index (χ1n) is 10.9. The van der Waals surface area contributed by atoms with Crippen molar-refractivity contribution in [1.82, 2.24) is 9.80 Å². The Hall–Kier alpha value is -3.92. The van der Waals surface area contributed by atoms with Crippen LogP contribution in [0.25, 0.3) is 11.3 Å². The summed E-state index contributed by atoms with van der Waals surface area (Å²) in [7, 11) is 0. The van der Waals surface area contributed by atoms with Crippen molar-refractivity contribution in [3.8, 4) is 11.3 Å². The van der Waals surface area contributed by atoms with Crippen molar-refractivity contribution in [3.05, 3.63) is 54.3 Å². The molecule has 0 unspecified atom stereocenters. The first kappa shape index (κ1) is 24.7. The molecule has 1 aromatic heterocycles. The first-order valence-corrected chi connectivity index (χ1v) is 10.9. The molecule has 0 atom stereocenters. The molecule has 3 aliphatic rings. The van der Waals surface area contributed by atoms with Gasteiger partial charge in [-0.3, -0.25) is 9.59 Å². The van der Waals surface area contributed by atoms with E-state index in [1.807, 2.05) is 29.2 Å². The summed E-state index contributed by atoms with van der Waals surface area (Å²) in [5.74, 6) is -1.75. The lowest BCUT2D eigenvalue weighted by atomic mass is 10.1. The molecule has 180 valence electrons. The highest BCUT2D eigenvalue weighted by molar-refractivity contribution is 5.95. The van der Waals surface area contributed by atoms with Gasteiger partial charge in [0, 0.05) is 56.9 Å². The van der Waals surface area contributed by atoms with Gasteiger partial charge in [-0.15, -0.1) is 0 Å². The van der Waals surface area contributed by atoms with Gasteiger partial charge in [-0.05, 0) is 37.1 Å². The van der Waals surface area contributed by atoms with Crippen LogP contribution in [0.15, 0.2) is 53.0 Å². The number of benzene rings is 1. The molecule has 4 heterocycles. The van der Waals surface area contributed by atoms with Crippen LogP contribution in [-0.4, -0.2) is 76.0 Å². The van der Waals surface area contributed by atoms with E-state index >= 15 is 0 Å². The number of hydrogen-bond acceptors (Lipinski definition) is 6. The second-order valence-electron chi connectivity index (χ2n) is 7.97. The number of piperidine rings is 1. The second-order valence-corrected chi connectivity index (χ2v) is 7.97. The molecule has 2 amide bonds. The number of anilines is 1. The van der Waals surface area contributed by atoms with Crippen LogP contribution in [0.1, 0.15) is 30.3 Å². The van der Waals surface area contributed by atoms with Crippen molar-refractivity contribution in [2.75, 3.05) is 31.5 Å². The van der Waals surface area contributed by atoms with E-state index in [1.165, 1.54) is 6.92 Å². The minimum atomic E-state index is -1.26. The maximum Gasteiger partial charge on any atom is 0.328 e. The lowest BCUT2D eigenvalue weighted by Crippen LogP contribution is -2.41. The molecule has 0 spiro atoms. The molecule has 10 heteroatoms. The largest absolute Gasteiger partial charge is 0.478 e. The van der Waals surface area contributed by atoms with Crippen LogP contribution in [0.3, 0.4) is 0 Å². The number of amides is 2. The van der Waals surface area contributed by atoms with E-state index in [-0.39, 0.29) is 11.8 Å². The average Bonchev–Trinajstić information content (AvgIpc) is 3.10. The molecular weight excluding hydrogens is 442 g/mol. The number of rotatable bonds is 5. The Morgan fingerprint density at radius 3 is 2.21 bits per heavy atom. The zero-order chi connectivity index (χ0) is 24.7. The van der Waals surface area contributed by atoms with Crippen LogP contribution in [-0.2, 0) is 14.4 Å². The van der Waals surface area contributed by atoms with Crippen molar-refractivity contribution in [2.45, 2.75) is 25.8 Å². The molecule has 34 heavy (non-hydrogen) atoms. The summed E-state index contributed by atoms with van der Waals surface area (Å²) < 4.78 is 5.90. The van der Waals surface area contributed by atoms with Gasteiger partial charge in [-0.1, -0.05) is 12.1 Å². The monoisotopic (exact) mass is 469 g/mol. The van der Waals surface area contributed by atoms with E-state index in [1.54, 1.807) is 12.1 Å². The van der Waals surface area contributed by atoms with E-state index in [0.29, 0.717) is 35.4 Å². The lowest BCUT2D eigenvalue weighted by Gasteiger charge is -2.30. The predicted octanol–water partition coefficient (Wildman–Crippen LogP) is 2.54. The van der Waals surface area contributed by atoms with Gasteiger partial charge in [0.1, 0.15) is 5.76 Å². The van der Waals surface area contributed by atoms with Gasteiger partial charge < -0.3 is 29.7 Å². The third-order valence-corrected chi connectivity index (χ3v) is 5.60. The van der Waals surface area contributed by atoms with Crippen molar-refractivity contribution >= 4 is 29.4 Å². The first-order chi connectivity index (χ1) is 16.2. The molecule has 3 saturated heterocycles. The Kier molecular flexibility index (Phi) is 8.20. The van der Waals surface area contributed by atoms with Crippen molar-refractivity contribution < 1.29 is 33.8 Å². The summed E-state index contributed by atoms with van der Waals surface area (Å²) in [6, 6.07) is 11.3. The molecule has 5 rings (SSSR count). The molecule has 1 aromatic carbocycles. The van der Waals surface area contributed by atoms with Crippen LogP contribution in [0.5, 0.6) is 0 Å². The van der Waals surface area contributed by atoms with Gasteiger partial charge in [-0.2, -0.15) is 0 Å². The smallest absolute Gasteiger partial charge is 0.328 e. The van der Waals surface area contributed by atoms with Crippen LogP contribution in [0, 0.1) is 0 Å². The van der Waals surface area contributed by atoms with Gasteiger partial charge in [0.2, 0.25) is 5.91 Å². The number of aliphatic carboxylic acids is 2. The molecular formula is C24H27N3O7. The number of carbonyl (C=O) groups excluding carboxylic acids is 2. The maximum absolute atomic E-state index is 13.0. The number of hydrogen-bond donors (Lipinski definition) is 3. The van der Waals surface area contributed by atoms with Gasteiger partial charge in [0.15, 0.2) is 5.76 Å². The Bertz CT molecular complexity index is 1070. The topological polar surface area (TPSA) is 140 Å². The quantitative estimate of drug-likeness (QED) is 0.568. The Labute approximate surface area is 196 Å². The second kappa shape index (κ2) is 11.3. The molecule has 2 bridgehead atoms. The molecule has 2 aromatic rings. The summed E-state index contributed by atoms with van der Waals surface area (Å²) in [4.78, 5) is 47.9. The SMILES string of the molecule is CC(=O)Nc1ccccc1-c1ccc(C(=O)N2CCN3CCC2CC3)o1.O=C(O)/C=C/C(=O)O. The molecule has 10 nitrogen and oxygen atoms in total. The summed E-state index contributed by atoms with van der Waals surface area (Å²) in [5, 5.41) is 18.4. The summed E-state index contributed by atoms with van der Waals surface area (Å²) in [5.41, 5.74) is 1.44. The van der Waals surface area contributed by atoms with E-state index in [2.05, 4.69) is 10.2 Å².